The number of pyridine rings is 1. The van der Waals surface area contributed by atoms with Gasteiger partial charge in [0.15, 0.2) is 5.65 Å². The number of anilines is 1. The van der Waals surface area contributed by atoms with Crippen molar-refractivity contribution in [3.05, 3.63) is 18.3 Å². The largest absolute Gasteiger partial charge is 0.369 e. The predicted molar refractivity (Wildman–Crippen MR) is 63.1 cm³/mol. The molecule has 2 aromatic rings. The van der Waals surface area contributed by atoms with Gasteiger partial charge in [-0.1, -0.05) is 0 Å². The number of amides is 1. The Morgan fingerprint density at radius 3 is 3.18 bits per heavy atom. The molecule has 0 atom stereocenters. The van der Waals surface area contributed by atoms with Crippen LogP contribution in [0.15, 0.2) is 18.3 Å². The molecule has 3 rings (SSSR count). The zero-order chi connectivity index (χ0) is 11.8. The minimum absolute atomic E-state index is 0.0378. The van der Waals surface area contributed by atoms with Gasteiger partial charge in [-0.2, -0.15) is 0 Å². The Balaban J connectivity index is 1.87. The van der Waals surface area contributed by atoms with Crippen LogP contribution < -0.4 is 11.1 Å². The fourth-order valence-corrected chi connectivity index (χ4v) is 1.78. The summed E-state index contributed by atoms with van der Waals surface area (Å²) in [7, 11) is 0. The molecule has 0 aromatic carbocycles. The molecule has 2 aromatic heterocycles. The van der Waals surface area contributed by atoms with E-state index in [4.69, 9.17) is 5.73 Å². The third-order valence-electron chi connectivity index (χ3n) is 2.78. The summed E-state index contributed by atoms with van der Waals surface area (Å²) in [5, 5.41) is 2.91. The zero-order valence-corrected chi connectivity index (χ0v) is 9.26. The third kappa shape index (κ3) is 1.93. The number of rotatable bonds is 3. The molecule has 1 amide bonds. The van der Waals surface area contributed by atoms with Gasteiger partial charge in [0.1, 0.15) is 12.1 Å². The molecule has 2 heterocycles. The third-order valence-corrected chi connectivity index (χ3v) is 2.78. The summed E-state index contributed by atoms with van der Waals surface area (Å²) < 4.78 is 1.63. The highest BCUT2D eigenvalue weighted by atomic mass is 16.2. The minimum atomic E-state index is -0.0378. The molecule has 6 heteroatoms. The number of fused-ring (bicyclic) bond motifs is 1. The molecule has 1 aliphatic rings. The van der Waals surface area contributed by atoms with Gasteiger partial charge in [-0.15, -0.1) is 0 Å². The van der Waals surface area contributed by atoms with Crippen molar-refractivity contribution in [2.45, 2.75) is 25.4 Å². The van der Waals surface area contributed by atoms with Crippen LogP contribution in [0.1, 0.15) is 12.8 Å². The number of hydrogen-bond acceptors (Lipinski definition) is 4. The van der Waals surface area contributed by atoms with Gasteiger partial charge in [0, 0.05) is 12.2 Å². The quantitative estimate of drug-likeness (QED) is 0.795. The van der Waals surface area contributed by atoms with Crippen molar-refractivity contribution in [2.24, 2.45) is 0 Å². The second kappa shape index (κ2) is 3.73. The molecule has 3 N–H and O–H groups in total. The molecule has 17 heavy (non-hydrogen) atoms. The smallest absolute Gasteiger partial charge is 0.240 e. The Morgan fingerprint density at radius 2 is 2.41 bits per heavy atom. The lowest BCUT2D eigenvalue weighted by molar-refractivity contribution is -0.121. The number of aromatic nitrogens is 3. The van der Waals surface area contributed by atoms with E-state index in [2.05, 4.69) is 15.3 Å². The van der Waals surface area contributed by atoms with E-state index in [9.17, 15) is 4.79 Å². The Kier molecular flexibility index (Phi) is 2.21. The van der Waals surface area contributed by atoms with E-state index in [-0.39, 0.29) is 12.5 Å². The van der Waals surface area contributed by atoms with Gasteiger partial charge < -0.3 is 11.1 Å². The highest BCUT2D eigenvalue weighted by Gasteiger charge is 2.23. The Morgan fingerprint density at radius 1 is 1.59 bits per heavy atom. The first-order valence-corrected chi connectivity index (χ1v) is 5.60. The Labute approximate surface area is 97.8 Å². The average Bonchev–Trinajstić information content (AvgIpc) is 3.05. The predicted octanol–water partition coefficient (Wildman–Crippen LogP) is 0.292. The number of carbonyl (C=O) groups excluding carboxylic acids is 1. The van der Waals surface area contributed by atoms with Crippen LogP contribution in [0.4, 0.5) is 5.95 Å². The van der Waals surface area contributed by atoms with Crippen LogP contribution in [-0.2, 0) is 11.3 Å². The van der Waals surface area contributed by atoms with E-state index in [0.29, 0.717) is 23.2 Å². The fourth-order valence-electron chi connectivity index (χ4n) is 1.78. The second-order valence-corrected chi connectivity index (χ2v) is 4.24. The maximum atomic E-state index is 11.7. The van der Waals surface area contributed by atoms with E-state index in [1.54, 1.807) is 16.8 Å². The first-order valence-electron chi connectivity index (χ1n) is 5.60. The molecular formula is C11H13N5O. The molecule has 0 aliphatic heterocycles. The fraction of sp³-hybridized carbons (Fsp3) is 0.364. The summed E-state index contributed by atoms with van der Waals surface area (Å²) in [5.74, 6) is 0.286. The summed E-state index contributed by atoms with van der Waals surface area (Å²) >= 11 is 0. The molecule has 0 saturated heterocycles. The monoisotopic (exact) mass is 231 g/mol. The summed E-state index contributed by atoms with van der Waals surface area (Å²) in [6.45, 7) is 0.176. The number of nitrogens with two attached hydrogens (primary N) is 1. The maximum absolute atomic E-state index is 11.7. The van der Waals surface area contributed by atoms with Crippen LogP contribution >= 0.6 is 0 Å². The van der Waals surface area contributed by atoms with Crippen LogP contribution in [0, 0.1) is 0 Å². The lowest BCUT2D eigenvalue weighted by atomic mass is 10.4. The molecular weight excluding hydrogens is 218 g/mol. The van der Waals surface area contributed by atoms with Crippen molar-refractivity contribution < 1.29 is 4.79 Å². The molecule has 1 aliphatic carbocycles. The first-order chi connectivity index (χ1) is 8.24. The molecule has 0 radical (unpaired) electrons. The van der Waals surface area contributed by atoms with Crippen LogP contribution in [0.25, 0.3) is 11.2 Å². The number of nitrogens with one attached hydrogen (secondary N) is 1. The highest BCUT2D eigenvalue weighted by Crippen LogP contribution is 2.19. The van der Waals surface area contributed by atoms with E-state index in [0.717, 1.165) is 12.8 Å². The highest BCUT2D eigenvalue weighted by molar-refractivity contribution is 5.80. The van der Waals surface area contributed by atoms with E-state index < -0.39 is 0 Å². The Hall–Kier alpha value is -2.11. The topological polar surface area (TPSA) is 85.8 Å². The van der Waals surface area contributed by atoms with Crippen molar-refractivity contribution >= 4 is 23.0 Å². The maximum Gasteiger partial charge on any atom is 0.240 e. The molecule has 88 valence electrons. The summed E-state index contributed by atoms with van der Waals surface area (Å²) in [4.78, 5) is 20.1. The van der Waals surface area contributed by atoms with E-state index >= 15 is 0 Å². The van der Waals surface area contributed by atoms with Gasteiger partial charge >= 0.3 is 0 Å². The van der Waals surface area contributed by atoms with Gasteiger partial charge in [0.05, 0.1) is 0 Å². The van der Waals surface area contributed by atoms with Gasteiger partial charge in [-0.25, -0.2) is 9.97 Å². The number of hydrogen-bond donors (Lipinski definition) is 2. The lowest BCUT2D eigenvalue weighted by Gasteiger charge is -2.06. The van der Waals surface area contributed by atoms with Gasteiger partial charge in [0.25, 0.3) is 0 Å². The van der Waals surface area contributed by atoms with Crippen molar-refractivity contribution in [2.75, 3.05) is 5.73 Å². The SMILES string of the molecule is Nc1nc2cccnc2n1CC(=O)NC1CC1. The molecule has 0 bridgehead atoms. The first kappa shape index (κ1) is 10.1. The molecule has 6 nitrogen and oxygen atoms in total. The van der Waals surface area contributed by atoms with Crippen LogP contribution in [0.3, 0.4) is 0 Å². The van der Waals surface area contributed by atoms with Gasteiger partial charge in [-0.05, 0) is 25.0 Å². The molecule has 0 unspecified atom stereocenters. The van der Waals surface area contributed by atoms with E-state index in [1.165, 1.54) is 0 Å². The van der Waals surface area contributed by atoms with Crippen LogP contribution in [0.5, 0.6) is 0 Å². The number of carbonyl (C=O) groups is 1. The standard InChI is InChI=1S/C11H13N5O/c12-11-15-8-2-1-5-13-10(8)16(11)6-9(17)14-7-3-4-7/h1-2,5,7H,3-4,6H2,(H2,12,15)(H,14,17). The van der Waals surface area contributed by atoms with Crippen molar-refractivity contribution in [1.29, 1.82) is 0 Å². The van der Waals surface area contributed by atoms with Crippen molar-refractivity contribution in [1.82, 2.24) is 19.9 Å². The number of imidazole rings is 1. The number of nitrogens with zero attached hydrogens (tertiary/aromatic N) is 3. The Bertz CT molecular complexity index is 572. The minimum Gasteiger partial charge on any atom is -0.369 e. The molecule has 1 fully saturated rings. The number of nitrogen functional groups attached to an aromatic ring is 1. The summed E-state index contributed by atoms with van der Waals surface area (Å²) in [6, 6.07) is 3.98. The van der Waals surface area contributed by atoms with Crippen molar-refractivity contribution in [3.8, 4) is 0 Å². The van der Waals surface area contributed by atoms with Gasteiger partial charge in [0.2, 0.25) is 11.9 Å². The molecule has 0 spiro atoms. The summed E-state index contributed by atoms with van der Waals surface area (Å²) in [5.41, 5.74) is 7.14. The normalized spacial score (nSPS) is 15.1. The van der Waals surface area contributed by atoms with Crippen LogP contribution in [-0.4, -0.2) is 26.5 Å². The van der Waals surface area contributed by atoms with Crippen LogP contribution in [0.2, 0.25) is 0 Å². The second-order valence-electron chi connectivity index (χ2n) is 4.24. The summed E-state index contributed by atoms with van der Waals surface area (Å²) in [6.07, 6.45) is 3.81. The van der Waals surface area contributed by atoms with E-state index in [1.807, 2.05) is 6.07 Å². The van der Waals surface area contributed by atoms with Gasteiger partial charge in [-0.3, -0.25) is 9.36 Å². The zero-order valence-electron chi connectivity index (χ0n) is 9.26. The molecule has 1 saturated carbocycles. The average molecular weight is 231 g/mol. The van der Waals surface area contributed by atoms with Crippen molar-refractivity contribution in [3.63, 3.8) is 0 Å². The lowest BCUT2D eigenvalue weighted by Crippen LogP contribution is -2.29.